The second-order valence-electron chi connectivity index (χ2n) is 4.27. The van der Waals surface area contributed by atoms with Crippen molar-refractivity contribution >= 4 is 27.5 Å². The third-order valence-corrected chi connectivity index (χ3v) is 5.00. The normalized spacial score (nSPS) is 17.2. The van der Waals surface area contributed by atoms with Gasteiger partial charge in [-0.15, -0.1) is 11.6 Å². The predicted octanol–water partition coefficient (Wildman–Crippen LogP) is 0.588. The summed E-state index contributed by atoms with van der Waals surface area (Å²) >= 11 is 5.63. The van der Waals surface area contributed by atoms with E-state index in [0.29, 0.717) is 25.4 Å². The van der Waals surface area contributed by atoms with Crippen LogP contribution >= 0.6 is 11.6 Å². The molecule has 2 rings (SSSR count). The summed E-state index contributed by atoms with van der Waals surface area (Å²) in [5.74, 6) is 0.229. The number of hydrogen-bond acceptors (Lipinski definition) is 3. The smallest absolute Gasteiger partial charge is 0.243 e. The van der Waals surface area contributed by atoms with E-state index in [1.165, 1.54) is 4.31 Å². The molecule has 104 valence electrons. The molecule has 1 aromatic carbocycles. The zero-order valence-electron chi connectivity index (χ0n) is 10.3. The Morgan fingerprint density at radius 1 is 1.26 bits per heavy atom. The first kappa shape index (κ1) is 14.3. The van der Waals surface area contributed by atoms with Crippen LogP contribution in [-0.4, -0.2) is 44.1 Å². The average molecular weight is 303 g/mol. The van der Waals surface area contributed by atoms with Gasteiger partial charge in [-0.1, -0.05) is 12.1 Å². The van der Waals surface area contributed by atoms with E-state index in [-0.39, 0.29) is 17.3 Å². The van der Waals surface area contributed by atoms with E-state index in [1.54, 1.807) is 24.3 Å². The van der Waals surface area contributed by atoms with Crippen molar-refractivity contribution in [1.82, 2.24) is 9.62 Å². The van der Waals surface area contributed by atoms with Crippen molar-refractivity contribution < 1.29 is 13.2 Å². The van der Waals surface area contributed by atoms with Gasteiger partial charge in [0.05, 0.1) is 11.4 Å². The first-order chi connectivity index (χ1) is 9.04. The van der Waals surface area contributed by atoms with E-state index >= 15 is 0 Å². The highest BCUT2D eigenvalue weighted by atomic mass is 35.5. The predicted molar refractivity (Wildman–Crippen MR) is 72.6 cm³/mol. The largest absolute Gasteiger partial charge is 0.354 e. The third kappa shape index (κ3) is 3.26. The van der Waals surface area contributed by atoms with Gasteiger partial charge in [0.2, 0.25) is 15.9 Å². The molecular weight excluding hydrogens is 288 g/mol. The highest BCUT2D eigenvalue weighted by Gasteiger charge is 2.28. The molecule has 0 aliphatic carbocycles. The molecule has 19 heavy (non-hydrogen) atoms. The Bertz CT molecular complexity index is 557. The maximum Gasteiger partial charge on any atom is 0.243 e. The summed E-state index contributed by atoms with van der Waals surface area (Å²) in [4.78, 5) is 11.5. The van der Waals surface area contributed by atoms with Crippen molar-refractivity contribution in [3.8, 4) is 0 Å². The molecule has 1 aromatic rings. The Morgan fingerprint density at radius 2 is 1.95 bits per heavy atom. The van der Waals surface area contributed by atoms with Crippen LogP contribution in [0, 0.1) is 0 Å². The molecular formula is C12H15ClN2O3S. The molecule has 0 bridgehead atoms. The number of rotatable bonds is 4. The molecule has 0 aromatic heterocycles. The lowest BCUT2D eigenvalue weighted by molar-refractivity contribution is -0.122. The van der Waals surface area contributed by atoms with E-state index < -0.39 is 10.0 Å². The number of piperazine rings is 1. The van der Waals surface area contributed by atoms with Gasteiger partial charge < -0.3 is 5.32 Å². The van der Waals surface area contributed by atoms with Crippen molar-refractivity contribution in [2.75, 3.05) is 25.5 Å². The topological polar surface area (TPSA) is 66.5 Å². The number of nitrogens with one attached hydrogen (secondary N) is 1. The Labute approximate surface area is 117 Å². The molecule has 5 nitrogen and oxygen atoms in total. The van der Waals surface area contributed by atoms with E-state index in [9.17, 15) is 13.2 Å². The number of hydrogen-bond donors (Lipinski definition) is 1. The minimum Gasteiger partial charge on any atom is -0.354 e. The number of halogens is 1. The van der Waals surface area contributed by atoms with Gasteiger partial charge in [-0.3, -0.25) is 4.79 Å². The molecule has 7 heteroatoms. The summed E-state index contributed by atoms with van der Waals surface area (Å²) in [5.41, 5.74) is 0.991. The molecule has 1 amide bonds. The van der Waals surface area contributed by atoms with Crippen LogP contribution < -0.4 is 5.32 Å². The summed E-state index contributed by atoms with van der Waals surface area (Å²) < 4.78 is 25.8. The number of alkyl halides is 1. The molecule has 1 saturated heterocycles. The van der Waals surface area contributed by atoms with E-state index in [4.69, 9.17) is 11.6 Å². The Hall–Kier alpha value is -1.11. The Morgan fingerprint density at radius 3 is 2.53 bits per heavy atom. The Balaban J connectivity index is 2.21. The van der Waals surface area contributed by atoms with Crippen LogP contribution in [0.1, 0.15) is 5.56 Å². The van der Waals surface area contributed by atoms with Crippen LogP contribution in [0.2, 0.25) is 0 Å². The lowest BCUT2D eigenvalue weighted by Gasteiger charge is -2.25. The quantitative estimate of drug-likeness (QED) is 0.828. The van der Waals surface area contributed by atoms with E-state index in [0.717, 1.165) is 5.56 Å². The number of sulfonamides is 1. The average Bonchev–Trinajstić information content (AvgIpc) is 2.40. The van der Waals surface area contributed by atoms with Crippen molar-refractivity contribution in [3.05, 3.63) is 29.8 Å². The van der Waals surface area contributed by atoms with Crippen LogP contribution in [0.5, 0.6) is 0 Å². The summed E-state index contributed by atoms with van der Waals surface area (Å²) in [5, 5.41) is 2.60. The standard InChI is InChI=1S/C12H15ClN2O3S/c13-6-5-10-1-3-11(4-2-10)19(17,18)15-8-7-14-12(16)9-15/h1-4H,5-9H2,(H,14,16). The van der Waals surface area contributed by atoms with Crippen LogP contribution in [0.3, 0.4) is 0 Å². The maximum absolute atomic E-state index is 12.3. The van der Waals surface area contributed by atoms with Crippen molar-refractivity contribution in [2.45, 2.75) is 11.3 Å². The van der Waals surface area contributed by atoms with Gasteiger partial charge in [0, 0.05) is 19.0 Å². The second-order valence-corrected chi connectivity index (χ2v) is 6.59. The maximum atomic E-state index is 12.3. The minimum atomic E-state index is -3.59. The van der Waals surface area contributed by atoms with Crippen LogP contribution in [0.15, 0.2) is 29.2 Å². The van der Waals surface area contributed by atoms with Crippen LogP contribution in [-0.2, 0) is 21.2 Å². The Kier molecular flexibility index (Phi) is 4.44. The molecule has 0 atom stereocenters. The summed E-state index contributed by atoms with van der Waals surface area (Å²) in [6, 6.07) is 6.62. The van der Waals surface area contributed by atoms with E-state index in [1.807, 2.05) is 0 Å². The molecule has 1 aliphatic rings. The number of carbonyl (C=O) groups excluding carboxylic acids is 1. The SMILES string of the molecule is O=C1CN(S(=O)(=O)c2ccc(CCCl)cc2)CCN1. The minimum absolute atomic E-state index is 0.119. The molecule has 1 fully saturated rings. The van der Waals surface area contributed by atoms with Gasteiger partial charge >= 0.3 is 0 Å². The van der Waals surface area contributed by atoms with E-state index in [2.05, 4.69) is 5.32 Å². The lowest BCUT2D eigenvalue weighted by atomic mass is 10.2. The zero-order chi connectivity index (χ0) is 13.9. The van der Waals surface area contributed by atoms with Gasteiger partial charge in [-0.25, -0.2) is 8.42 Å². The molecule has 0 spiro atoms. The van der Waals surface area contributed by atoms with Crippen molar-refractivity contribution in [2.24, 2.45) is 0 Å². The van der Waals surface area contributed by atoms with Gasteiger partial charge in [0.1, 0.15) is 0 Å². The molecule has 1 N–H and O–H groups in total. The fraction of sp³-hybridized carbons (Fsp3) is 0.417. The lowest BCUT2D eigenvalue weighted by Crippen LogP contribution is -2.49. The number of amides is 1. The number of carbonyl (C=O) groups is 1. The summed E-state index contributed by atoms with van der Waals surface area (Å²) in [6.45, 7) is 0.533. The molecule has 0 unspecified atom stereocenters. The monoisotopic (exact) mass is 302 g/mol. The number of nitrogens with zero attached hydrogens (tertiary/aromatic N) is 1. The fourth-order valence-electron chi connectivity index (χ4n) is 1.91. The van der Waals surface area contributed by atoms with Crippen molar-refractivity contribution in [1.29, 1.82) is 0 Å². The van der Waals surface area contributed by atoms with Gasteiger partial charge in [-0.2, -0.15) is 4.31 Å². The second kappa shape index (κ2) is 5.90. The van der Waals surface area contributed by atoms with Gasteiger partial charge in [-0.05, 0) is 24.1 Å². The van der Waals surface area contributed by atoms with Crippen LogP contribution in [0.4, 0.5) is 0 Å². The van der Waals surface area contributed by atoms with Gasteiger partial charge in [0.15, 0.2) is 0 Å². The number of benzene rings is 1. The first-order valence-electron chi connectivity index (χ1n) is 5.96. The fourth-order valence-corrected chi connectivity index (χ4v) is 3.52. The third-order valence-electron chi connectivity index (χ3n) is 2.95. The molecule has 0 radical (unpaired) electrons. The summed E-state index contributed by atoms with van der Waals surface area (Å²) in [7, 11) is -3.59. The molecule has 0 saturated carbocycles. The van der Waals surface area contributed by atoms with Gasteiger partial charge in [0.25, 0.3) is 0 Å². The highest BCUT2D eigenvalue weighted by Crippen LogP contribution is 2.17. The molecule has 1 aliphatic heterocycles. The van der Waals surface area contributed by atoms with Crippen molar-refractivity contribution in [3.63, 3.8) is 0 Å². The first-order valence-corrected chi connectivity index (χ1v) is 7.93. The summed E-state index contributed by atoms with van der Waals surface area (Å²) in [6.07, 6.45) is 0.702. The zero-order valence-corrected chi connectivity index (χ0v) is 11.9. The van der Waals surface area contributed by atoms with Crippen LogP contribution in [0.25, 0.3) is 0 Å². The number of aryl methyl sites for hydroxylation is 1. The molecule has 1 heterocycles. The highest BCUT2D eigenvalue weighted by molar-refractivity contribution is 7.89.